The lowest BCUT2D eigenvalue weighted by Gasteiger charge is -2.25. The molecule has 15 heavy (non-hydrogen) atoms. The van der Waals surface area contributed by atoms with Gasteiger partial charge in [0.1, 0.15) is 12.4 Å². The molecule has 2 heterocycles. The minimum atomic E-state index is 0.534. The Morgan fingerprint density at radius 3 is 2.80 bits per heavy atom. The Bertz CT molecular complexity index is 317. The molecule has 0 spiro atoms. The number of nitrogens with zero attached hydrogens (tertiary/aromatic N) is 3. The Hall–Kier alpha value is -0.940. The SMILES string of the molecule is COCc1nnc(C)n1C1CCNCC1. The molecule has 0 saturated carbocycles. The molecule has 0 radical (unpaired) electrons. The normalized spacial score (nSPS) is 18.3. The summed E-state index contributed by atoms with van der Waals surface area (Å²) in [5.41, 5.74) is 0. The van der Waals surface area contributed by atoms with E-state index in [1.165, 1.54) is 0 Å². The molecule has 5 nitrogen and oxygen atoms in total. The maximum absolute atomic E-state index is 5.13. The van der Waals surface area contributed by atoms with Crippen LogP contribution in [0.15, 0.2) is 0 Å². The fourth-order valence-electron chi connectivity index (χ4n) is 2.18. The van der Waals surface area contributed by atoms with E-state index < -0.39 is 0 Å². The van der Waals surface area contributed by atoms with Gasteiger partial charge in [-0.1, -0.05) is 0 Å². The fourth-order valence-corrected chi connectivity index (χ4v) is 2.18. The predicted octanol–water partition coefficient (Wildman–Crippen LogP) is 0.657. The third-order valence-corrected chi connectivity index (χ3v) is 2.88. The minimum absolute atomic E-state index is 0.534. The van der Waals surface area contributed by atoms with E-state index in [2.05, 4.69) is 20.1 Å². The van der Waals surface area contributed by atoms with Crippen molar-refractivity contribution in [3.8, 4) is 0 Å². The van der Waals surface area contributed by atoms with Crippen LogP contribution in [0.2, 0.25) is 0 Å². The van der Waals surface area contributed by atoms with E-state index in [4.69, 9.17) is 4.74 Å². The molecule has 1 saturated heterocycles. The first-order valence-electron chi connectivity index (χ1n) is 5.43. The van der Waals surface area contributed by atoms with Crippen molar-refractivity contribution in [2.75, 3.05) is 20.2 Å². The van der Waals surface area contributed by atoms with Gasteiger partial charge in [-0.3, -0.25) is 0 Å². The average Bonchev–Trinajstić information content (AvgIpc) is 2.62. The highest BCUT2D eigenvalue weighted by Gasteiger charge is 2.20. The Morgan fingerprint density at radius 1 is 1.40 bits per heavy atom. The van der Waals surface area contributed by atoms with Crippen LogP contribution in [0.4, 0.5) is 0 Å². The molecule has 1 aromatic rings. The maximum Gasteiger partial charge on any atom is 0.159 e. The summed E-state index contributed by atoms with van der Waals surface area (Å²) in [6, 6.07) is 0.534. The number of piperidine rings is 1. The summed E-state index contributed by atoms with van der Waals surface area (Å²) >= 11 is 0. The van der Waals surface area contributed by atoms with Crippen molar-refractivity contribution in [3.63, 3.8) is 0 Å². The molecule has 0 atom stereocenters. The van der Waals surface area contributed by atoms with E-state index in [1.54, 1.807) is 7.11 Å². The van der Waals surface area contributed by atoms with Crippen molar-refractivity contribution in [2.45, 2.75) is 32.4 Å². The van der Waals surface area contributed by atoms with Crippen LogP contribution < -0.4 is 5.32 Å². The highest BCUT2D eigenvalue weighted by atomic mass is 16.5. The number of methoxy groups -OCH3 is 1. The van der Waals surface area contributed by atoms with Crippen LogP contribution in [0.1, 0.15) is 30.5 Å². The molecule has 0 amide bonds. The molecule has 84 valence electrons. The van der Waals surface area contributed by atoms with E-state index in [1.807, 2.05) is 6.92 Å². The molecule has 1 aromatic heterocycles. The number of aryl methyl sites for hydroxylation is 1. The molecule has 5 heteroatoms. The third-order valence-electron chi connectivity index (χ3n) is 2.88. The van der Waals surface area contributed by atoms with Crippen molar-refractivity contribution < 1.29 is 4.74 Å². The average molecular weight is 210 g/mol. The van der Waals surface area contributed by atoms with Gasteiger partial charge >= 0.3 is 0 Å². The van der Waals surface area contributed by atoms with Crippen LogP contribution in [0, 0.1) is 6.92 Å². The monoisotopic (exact) mass is 210 g/mol. The van der Waals surface area contributed by atoms with E-state index in [0.717, 1.165) is 37.6 Å². The van der Waals surface area contributed by atoms with Gasteiger partial charge in [0.25, 0.3) is 0 Å². The van der Waals surface area contributed by atoms with Crippen molar-refractivity contribution in [1.82, 2.24) is 20.1 Å². The van der Waals surface area contributed by atoms with Crippen molar-refractivity contribution in [2.24, 2.45) is 0 Å². The highest BCUT2D eigenvalue weighted by Crippen LogP contribution is 2.21. The molecule has 1 aliphatic heterocycles. The molecule has 0 bridgehead atoms. The molecular weight excluding hydrogens is 192 g/mol. The topological polar surface area (TPSA) is 52.0 Å². The van der Waals surface area contributed by atoms with Gasteiger partial charge in [-0.05, 0) is 32.9 Å². The number of rotatable bonds is 3. The first-order valence-corrected chi connectivity index (χ1v) is 5.43. The first kappa shape index (κ1) is 10.6. The van der Waals surface area contributed by atoms with Crippen molar-refractivity contribution in [3.05, 3.63) is 11.6 Å². The lowest BCUT2D eigenvalue weighted by Crippen LogP contribution is -2.30. The molecule has 1 fully saturated rings. The fraction of sp³-hybridized carbons (Fsp3) is 0.800. The van der Waals surface area contributed by atoms with Gasteiger partial charge in [-0.2, -0.15) is 0 Å². The lowest BCUT2D eigenvalue weighted by molar-refractivity contribution is 0.169. The summed E-state index contributed by atoms with van der Waals surface area (Å²) in [4.78, 5) is 0. The number of hydrogen-bond acceptors (Lipinski definition) is 4. The highest BCUT2D eigenvalue weighted by molar-refractivity contribution is 4.97. The number of nitrogens with one attached hydrogen (secondary N) is 1. The Morgan fingerprint density at radius 2 is 2.13 bits per heavy atom. The van der Waals surface area contributed by atoms with Gasteiger partial charge in [0.05, 0.1) is 0 Å². The van der Waals surface area contributed by atoms with Crippen molar-refractivity contribution in [1.29, 1.82) is 0 Å². The maximum atomic E-state index is 5.13. The van der Waals surface area contributed by atoms with Crippen LogP contribution in [0.3, 0.4) is 0 Å². The number of aromatic nitrogens is 3. The van der Waals surface area contributed by atoms with Crippen LogP contribution in [0.5, 0.6) is 0 Å². The second kappa shape index (κ2) is 4.72. The zero-order chi connectivity index (χ0) is 10.7. The van der Waals surface area contributed by atoms with Gasteiger partial charge in [-0.15, -0.1) is 10.2 Å². The smallest absolute Gasteiger partial charge is 0.159 e. The summed E-state index contributed by atoms with van der Waals surface area (Å²) in [5.74, 6) is 1.94. The molecule has 2 rings (SSSR count). The zero-order valence-corrected chi connectivity index (χ0v) is 9.36. The summed E-state index contributed by atoms with van der Waals surface area (Å²) in [5, 5.41) is 11.6. The summed E-state index contributed by atoms with van der Waals surface area (Å²) < 4.78 is 7.36. The summed E-state index contributed by atoms with van der Waals surface area (Å²) in [6.45, 7) is 4.71. The summed E-state index contributed by atoms with van der Waals surface area (Å²) in [6.07, 6.45) is 2.30. The molecular formula is C10H18N4O. The Labute approximate surface area is 89.8 Å². The quantitative estimate of drug-likeness (QED) is 0.796. The van der Waals surface area contributed by atoms with Gasteiger partial charge < -0.3 is 14.6 Å². The van der Waals surface area contributed by atoms with Gasteiger partial charge in [0.15, 0.2) is 5.82 Å². The minimum Gasteiger partial charge on any atom is -0.377 e. The van der Waals surface area contributed by atoms with Crippen LogP contribution in [-0.2, 0) is 11.3 Å². The van der Waals surface area contributed by atoms with Crippen LogP contribution >= 0.6 is 0 Å². The molecule has 0 aliphatic carbocycles. The third kappa shape index (κ3) is 2.18. The van der Waals surface area contributed by atoms with Gasteiger partial charge in [0, 0.05) is 13.2 Å². The second-order valence-electron chi connectivity index (χ2n) is 3.95. The first-order chi connectivity index (χ1) is 7.33. The van der Waals surface area contributed by atoms with E-state index >= 15 is 0 Å². The number of hydrogen-bond donors (Lipinski definition) is 1. The Balaban J connectivity index is 2.19. The van der Waals surface area contributed by atoms with Gasteiger partial charge in [0.2, 0.25) is 0 Å². The molecule has 1 aliphatic rings. The summed E-state index contributed by atoms with van der Waals surface area (Å²) in [7, 11) is 1.69. The van der Waals surface area contributed by atoms with E-state index in [-0.39, 0.29) is 0 Å². The predicted molar refractivity (Wildman–Crippen MR) is 56.6 cm³/mol. The standard InChI is InChI=1S/C10H18N4O/c1-8-12-13-10(7-15-2)14(8)9-3-5-11-6-4-9/h9,11H,3-7H2,1-2H3. The van der Waals surface area contributed by atoms with Crippen LogP contribution in [0.25, 0.3) is 0 Å². The molecule has 0 unspecified atom stereocenters. The molecule has 0 aromatic carbocycles. The van der Waals surface area contributed by atoms with E-state index in [0.29, 0.717) is 12.6 Å². The second-order valence-corrected chi connectivity index (χ2v) is 3.95. The van der Waals surface area contributed by atoms with Crippen molar-refractivity contribution >= 4 is 0 Å². The van der Waals surface area contributed by atoms with Gasteiger partial charge in [-0.25, -0.2) is 0 Å². The largest absolute Gasteiger partial charge is 0.377 e. The zero-order valence-electron chi connectivity index (χ0n) is 9.36. The van der Waals surface area contributed by atoms with Crippen LogP contribution in [-0.4, -0.2) is 35.0 Å². The lowest BCUT2D eigenvalue weighted by atomic mass is 10.1. The molecule has 1 N–H and O–H groups in total. The Kier molecular flexibility index (Phi) is 3.33. The number of ether oxygens (including phenoxy) is 1. The van der Waals surface area contributed by atoms with E-state index in [9.17, 15) is 0 Å².